The second kappa shape index (κ2) is 6.47. The molecule has 0 aliphatic rings. The highest BCUT2D eigenvalue weighted by Gasteiger charge is 2.22. The van der Waals surface area contributed by atoms with E-state index in [1.807, 2.05) is 0 Å². The van der Waals surface area contributed by atoms with Crippen LogP contribution in [-0.4, -0.2) is 15.8 Å². The maximum absolute atomic E-state index is 4.78. The van der Waals surface area contributed by atoms with Gasteiger partial charge >= 0.3 is 0 Å². The average molecular weight is 276 g/mol. The molecule has 0 amide bonds. The van der Waals surface area contributed by atoms with Crippen molar-refractivity contribution < 1.29 is 0 Å². The van der Waals surface area contributed by atoms with Crippen molar-refractivity contribution in [1.29, 1.82) is 0 Å². The zero-order valence-electron chi connectivity index (χ0n) is 12.4. The molecule has 1 aromatic carbocycles. The minimum Gasteiger partial charge on any atom is -0.316 e. The van der Waals surface area contributed by atoms with E-state index in [1.54, 1.807) is 11.8 Å². The topological polar surface area (TPSA) is 17.8 Å². The SMILES string of the molecule is CCCC([C@@H](C)CC)n1c(SC)nc2ccccc21. The molecule has 0 saturated carbocycles. The number of imidazole rings is 1. The van der Waals surface area contributed by atoms with Gasteiger partial charge in [-0.25, -0.2) is 4.98 Å². The smallest absolute Gasteiger partial charge is 0.169 e. The standard InChI is InChI=1S/C16H24N2S/c1-5-9-14(12(3)6-2)18-15-11-8-7-10-13(15)17-16(18)19-4/h7-8,10-12,14H,5-6,9H2,1-4H3/t12-,14?/m0/s1. The molecule has 2 rings (SSSR count). The van der Waals surface area contributed by atoms with E-state index in [1.165, 1.54) is 24.8 Å². The number of para-hydroxylation sites is 2. The van der Waals surface area contributed by atoms with Crippen LogP contribution in [-0.2, 0) is 0 Å². The fourth-order valence-corrected chi connectivity index (χ4v) is 3.34. The molecule has 0 spiro atoms. The van der Waals surface area contributed by atoms with E-state index in [2.05, 4.69) is 55.9 Å². The summed E-state index contributed by atoms with van der Waals surface area (Å²) in [5.41, 5.74) is 2.40. The van der Waals surface area contributed by atoms with Gasteiger partial charge in [0.05, 0.1) is 11.0 Å². The number of hydrogen-bond acceptors (Lipinski definition) is 2. The molecule has 0 saturated heterocycles. The maximum Gasteiger partial charge on any atom is 0.169 e. The maximum atomic E-state index is 4.78. The molecule has 0 radical (unpaired) electrons. The molecule has 0 fully saturated rings. The Kier molecular flexibility index (Phi) is 4.92. The van der Waals surface area contributed by atoms with Crippen LogP contribution in [0.2, 0.25) is 0 Å². The summed E-state index contributed by atoms with van der Waals surface area (Å²) >= 11 is 1.76. The number of aromatic nitrogens is 2. The van der Waals surface area contributed by atoms with Crippen molar-refractivity contribution in [3.05, 3.63) is 24.3 Å². The molecule has 104 valence electrons. The molecule has 1 heterocycles. The first-order chi connectivity index (χ1) is 9.22. The van der Waals surface area contributed by atoms with Crippen LogP contribution in [0, 0.1) is 5.92 Å². The quantitative estimate of drug-likeness (QED) is 0.679. The summed E-state index contributed by atoms with van der Waals surface area (Å²) in [5, 5.41) is 1.15. The lowest BCUT2D eigenvalue weighted by molar-refractivity contribution is 0.312. The number of fused-ring (bicyclic) bond motifs is 1. The molecule has 0 aliphatic heterocycles. The number of thioether (sulfide) groups is 1. The minimum atomic E-state index is 0.560. The van der Waals surface area contributed by atoms with Gasteiger partial charge < -0.3 is 4.57 Å². The number of hydrogen-bond donors (Lipinski definition) is 0. The van der Waals surface area contributed by atoms with E-state index in [0.717, 1.165) is 10.7 Å². The summed E-state index contributed by atoms with van der Waals surface area (Å²) in [6.07, 6.45) is 5.78. The molecule has 2 nitrogen and oxygen atoms in total. The van der Waals surface area contributed by atoms with Gasteiger partial charge in [-0.1, -0.05) is 57.5 Å². The van der Waals surface area contributed by atoms with Crippen LogP contribution >= 0.6 is 11.8 Å². The molecule has 0 N–H and O–H groups in total. The van der Waals surface area contributed by atoms with Crippen LogP contribution in [0.25, 0.3) is 11.0 Å². The molecule has 0 aliphatic carbocycles. The van der Waals surface area contributed by atoms with Crippen molar-refractivity contribution in [3.8, 4) is 0 Å². The van der Waals surface area contributed by atoms with E-state index in [4.69, 9.17) is 4.98 Å². The summed E-state index contributed by atoms with van der Waals surface area (Å²) in [7, 11) is 0. The van der Waals surface area contributed by atoms with Crippen molar-refractivity contribution in [2.24, 2.45) is 5.92 Å². The van der Waals surface area contributed by atoms with Gasteiger partial charge in [0.1, 0.15) is 0 Å². The van der Waals surface area contributed by atoms with Crippen LogP contribution in [0.1, 0.15) is 46.1 Å². The third-order valence-corrected chi connectivity index (χ3v) is 4.62. The predicted octanol–water partition coefficient (Wildman–Crippen LogP) is 5.15. The van der Waals surface area contributed by atoms with E-state index in [-0.39, 0.29) is 0 Å². The van der Waals surface area contributed by atoms with Gasteiger partial charge in [-0.15, -0.1) is 0 Å². The molecule has 3 heteroatoms. The van der Waals surface area contributed by atoms with E-state index in [0.29, 0.717) is 12.0 Å². The van der Waals surface area contributed by atoms with Crippen molar-refractivity contribution in [3.63, 3.8) is 0 Å². The Morgan fingerprint density at radius 1 is 1.26 bits per heavy atom. The first kappa shape index (κ1) is 14.4. The highest BCUT2D eigenvalue weighted by atomic mass is 32.2. The third kappa shape index (κ3) is 2.81. The van der Waals surface area contributed by atoms with Gasteiger partial charge in [0.15, 0.2) is 5.16 Å². The minimum absolute atomic E-state index is 0.560. The van der Waals surface area contributed by atoms with Crippen LogP contribution in [0.15, 0.2) is 29.4 Å². The highest BCUT2D eigenvalue weighted by molar-refractivity contribution is 7.98. The largest absolute Gasteiger partial charge is 0.316 e. The highest BCUT2D eigenvalue weighted by Crippen LogP contribution is 2.34. The van der Waals surface area contributed by atoms with Crippen LogP contribution in [0.5, 0.6) is 0 Å². The van der Waals surface area contributed by atoms with E-state index >= 15 is 0 Å². The van der Waals surface area contributed by atoms with Crippen molar-refractivity contribution in [2.75, 3.05) is 6.26 Å². The summed E-state index contributed by atoms with van der Waals surface area (Å²) < 4.78 is 2.47. The van der Waals surface area contributed by atoms with E-state index < -0.39 is 0 Å². The molecule has 0 bridgehead atoms. The fraction of sp³-hybridized carbons (Fsp3) is 0.562. The number of rotatable bonds is 6. The molecule has 1 aromatic heterocycles. The lowest BCUT2D eigenvalue weighted by Gasteiger charge is -2.26. The lowest BCUT2D eigenvalue weighted by Crippen LogP contribution is -2.17. The molecular formula is C16H24N2S. The lowest BCUT2D eigenvalue weighted by atomic mass is 9.95. The zero-order chi connectivity index (χ0) is 13.8. The van der Waals surface area contributed by atoms with E-state index in [9.17, 15) is 0 Å². The third-order valence-electron chi connectivity index (χ3n) is 3.96. The van der Waals surface area contributed by atoms with Crippen LogP contribution in [0.3, 0.4) is 0 Å². The Morgan fingerprint density at radius 2 is 2.00 bits per heavy atom. The molecule has 1 unspecified atom stereocenters. The van der Waals surface area contributed by atoms with Crippen LogP contribution in [0.4, 0.5) is 0 Å². The van der Waals surface area contributed by atoms with Gasteiger partial charge in [0.25, 0.3) is 0 Å². The fourth-order valence-electron chi connectivity index (χ4n) is 2.72. The number of benzene rings is 1. The molecule has 2 atom stereocenters. The molecular weight excluding hydrogens is 252 g/mol. The Bertz CT molecular complexity index is 533. The summed E-state index contributed by atoms with van der Waals surface area (Å²) in [4.78, 5) is 4.78. The van der Waals surface area contributed by atoms with Crippen molar-refractivity contribution in [2.45, 2.75) is 51.2 Å². The Hall–Kier alpha value is -0.960. The first-order valence-electron chi connectivity index (χ1n) is 7.23. The Balaban J connectivity index is 2.56. The molecule has 19 heavy (non-hydrogen) atoms. The van der Waals surface area contributed by atoms with Gasteiger partial charge in [0, 0.05) is 6.04 Å². The zero-order valence-corrected chi connectivity index (χ0v) is 13.2. The normalized spacial score (nSPS) is 14.7. The summed E-state index contributed by atoms with van der Waals surface area (Å²) in [6, 6.07) is 9.06. The van der Waals surface area contributed by atoms with Gasteiger partial charge in [-0.05, 0) is 30.7 Å². The monoisotopic (exact) mass is 276 g/mol. The van der Waals surface area contributed by atoms with Gasteiger partial charge in [0.2, 0.25) is 0 Å². The summed E-state index contributed by atoms with van der Waals surface area (Å²) in [6.45, 7) is 6.91. The first-order valence-corrected chi connectivity index (χ1v) is 8.46. The van der Waals surface area contributed by atoms with Gasteiger partial charge in [-0.3, -0.25) is 0 Å². The molecule has 2 aromatic rings. The second-order valence-electron chi connectivity index (χ2n) is 5.20. The Labute approximate surface area is 120 Å². The van der Waals surface area contributed by atoms with Crippen molar-refractivity contribution in [1.82, 2.24) is 9.55 Å². The Morgan fingerprint density at radius 3 is 2.63 bits per heavy atom. The van der Waals surface area contributed by atoms with Crippen LogP contribution < -0.4 is 0 Å². The number of nitrogens with zero attached hydrogens (tertiary/aromatic N) is 2. The average Bonchev–Trinajstić information content (AvgIpc) is 2.82. The summed E-state index contributed by atoms with van der Waals surface area (Å²) in [5.74, 6) is 0.684. The second-order valence-corrected chi connectivity index (χ2v) is 5.97. The van der Waals surface area contributed by atoms with Gasteiger partial charge in [-0.2, -0.15) is 0 Å². The predicted molar refractivity (Wildman–Crippen MR) is 84.9 cm³/mol. The van der Waals surface area contributed by atoms with Crippen molar-refractivity contribution >= 4 is 22.8 Å².